The van der Waals surface area contributed by atoms with Crippen molar-refractivity contribution in [1.29, 1.82) is 0 Å². The zero-order chi connectivity index (χ0) is 23.2. The number of ether oxygens (including phenoxy) is 1. The summed E-state index contributed by atoms with van der Waals surface area (Å²) in [4.78, 5) is 31.5. The second-order valence-electron chi connectivity index (χ2n) is 7.71. The van der Waals surface area contributed by atoms with Gasteiger partial charge in [0.15, 0.2) is 0 Å². The molecule has 2 N–H and O–H groups in total. The molecule has 2 aromatic heterocycles. The first-order chi connectivity index (χ1) is 15.2. The average Bonchev–Trinajstić information content (AvgIpc) is 3.24. The zero-order valence-electron chi connectivity index (χ0n) is 17.0. The van der Waals surface area contributed by atoms with Crippen molar-refractivity contribution in [3.05, 3.63) is 40.8 Å². The van der Waals surface area contributed by atoms with E-state index in [0.717, 1.165) is 44.6 Å². The third-order valence-corrected chi connectivity index (χ3v) is 5.97. The Bertz CT molecular complexity index is 880. The molecule has 32 heavy (non-hydrogen) atoms. The van der Waals surface area contributed by atoms with Gasteiger partial charge in [-0.1, -0.05) is 0 Å². The minimum absolute atomic E-state index is 0.107. The first-order valence-electron chi connectivity index (χ1n) is 9.91. The maximum atomic E-state index is 12.3. The number of carbonyl (C=O) groups is 2. The van der Waals surface area contributed by atoms with Crippen LogP contribution in [0.5, 0.6) is 0 Å². The van der Waals surface area contributed by atoms with Gasteiger partial charge < -0.3 is 20.1 Å². The molecule has 0 radical (unpaired) electrons. The molecule has 1 spiro atoms. The number of hydrogen-bond acceptors (Lipinski definition) is 7. The number of carbonyl (C=O) groups excluding carboxylic acids is 1. The Labute approximate surface area is 186 Å². The van der Waals surface area contributed by atoms with Gasteiger partial charge in [-0.15, -0.1) is 0 Å². The summed E-state index contributed by atoms with van der Waals surface area (Å²) < 4.78 is 37.9. The van der Waals surface area contributed by atoms with E-state index in [4.69, 9.17) is 14.6 Å². The van der Waals surface area contributed by atoms with Gasteiger partial charge in [0.25, 0.3) is 0 Å². The van der Waals surface area contributed by atoms with Crippen LogP contribution in [0.15, 0.2) is 35.3 Å². The van der Waals surface area contributed by atoms with Gasteiger partial charge in [-0.3, -0.25) is 4.79 Å². The van der Waals surface area contributed by atoms with E-state index in [2.05, 4.69) is 15.3 Å². The number of halogens is 3. The fraction of sp³-hybridized carbons (Fsp3) is 0.500. The van der Waals surface area contributed by atoms with Crippen LogP contribution < -0.4 is 5.32 Å². The highest BCUT2D eigenvalue weighted by Gasteiger charge is 2.48. The topological polar surface area (TPSA) is 105 Å². The van der Waals surface area contributed by atoms with Crippen LogP contribution in [-0.2, 0) is 20.7 Å². The summed E-state index contributed by atoms with van der Waals surface area (Å²) >= 11 is 1.63. The van der Waals surface area contributed by atoms with Crippen LogP contribution in [-0.4, -0.2) is 69.9 Å². The van der Waals surface area contributed by atoms with Crippen LogP contribution >= 0.6 is 11.3 Å². The highest BCUT2D eigenvalue weighted by atomic mass is 32.1. The summed E-state index contributed by atoms with van der Waals surface area (Å²) in [5.41, 5.74) is 0.999. The molecule has 4 rings (SSSR count). The molecule has 12 heteroatoms. The molecule has 4 heterocycles. The van der Waals surface area contributed by atoms with E-state index in [9.17, 15) is 18.0 Å². The Hall–Kier alpha value is -2.73. The molecule has 0 aliphatic carbocycles. The number of rotatable bonds is 5. The van der Waals surface area contributed by atoms with Crippen molar-refractivity contribution < 1.29 is 32.6 Å². The Kier molecular flexibility index (Phi) is 7.67. The molecule has 2 saturated heterocycles. The van der Waals surface area contributed by atoms with Gasteiger partial charge in [0, 0.05) is 18.9 Å². The van der Waals surface area contributed by atoms with Crippen LogP contribution in [0.2, 0.25) is 0 Å². The second-order valence-corrected chi connectivity index (χ2v) is 8.49. The van der Waals surface area contributed by atoms with E-state index in [1.807, 2.05) is 21.7 Å². The van der Waals surface area contributed by atoms with Crippen LogP contribution in [0, 0.1) is 5.92 Å². The largest absolute Gasteiger partial charge is 0.490 e. The number of hydrogen-bond donors (Lipinski definition) is 2. The Balaban J connectivity index is 0.000000360. The number of carboxylic acid groups (broad SMARTS) is 1. The standard InChI is InChI=1S/C18H22N4O2S.C2HF3O2/c23-16(8-14-3-7-25-11-14)22-12-18(13-22)4-2-15(10-24-18)9-21-17-19-5-1-6-20-17;3-2(4,5)1(6)7/h1,3,5-7,11,15H,2,4,8-10,12-13H2,(H,19,20,21);(H,6,7). The lowest BCUT2D eigenvalue weighted by atomic mass is 9.82. The molecule has 2 aromatic rings. The summed E-state index contributed by atoms with van der Waals surface area (Å²) in [6, 6.07) is 3.82. The van der Waals surface area contributed by atoms with Gasteiger partial charge in [-0.25, -0.2) is 14.8 Å². The minimum atomic E-state index is -5.08. The summed E-state index contributed by atoms with van der Waals surface area (Å²) in [6.07, 6.45) is 1.00. The summed E-state index contributed by atoms with van der Waals surface area (Å²) in [7, 11) is 0. The predicted molar refractivity (Wildman–Crippen MR) is 110 cm³/mol. The van der Waals surface area contributed by atoms with Gasteiger partial charge in [-0.2, -0.15) is 24.5 Å². The van der Waals surface area contributed by atoms with Gasteiger partial charge in [0.05, 0.1) is 26.1 Å². The molecular formula is C20H23F3N4O4S. The molecule has 1 amide bonds. The van der Waals surface area contributed by atoms with Crippen molar-refractivity contribution in [3.8, 4) is 0 Å². The van der Waals surface area contributed by atoms with Crippen molar-refractivity contribution in [2.75, 3.05) is 31.6 Å². The van der Waals surface area contributed by atoms with Crippen molar-refractivity contribution in [3.63, 3.8) is 0 Å². The predicted octanol–water partition coefficient (Wildman–Crippen LogP) is 2.83. The number of anilines is 1. The van der Waals surface area contributed by atoms with Crippen molar-refractivity contribution in [2.45, 2.75) is 31.0 Å². The van der Waals surface area contributed by atoms with E-state index in [-0.39, 0.29) is 11.5 Å². The Morgan fingerprint density at radius 3 is 2.53 bits per heavy atom. The van der Waals surface area contributed by atoms with Crippen molar-refractivity contribution in [2.24, 2.45) is 5.92 Å². The molecular weight excluding hydrogens is 449 g/mol. The van der Waals surface area contributed by atoms with E-state index in [1.54, 1.807) is 29.8 Å². The monoisotopic (exact) mass is 472 g/mol. The minimum Gasteiger partial charge on any atom is -0.475 e. The molecule has 1 unspecified atom stereocenters. The Morgan fingerprint density at radius 2 is 2.00 bits per heavy atom. The molecule has 0 saturated carbocycles. The van der Waals surface area contributed by atoms with Gasteiger partial charge in [-0.05, 0) is 47.2 Å². The number of nitrogens with one attached hydrogen (secondary N) is 1. The van der Waals surface area contributed by atoms with Crippen molar-refractivity contribution in [1.82, 2.24) is 14.9 Å². The first-order valence-corrected chi connectivity index (χ1v) is 10.8. The van der Waals surface area contributed by atoms with Crippen LogP contribution in [0.25, 0.3) is 0 Å². The third-order valence-electron chi connectivity index (χ3n) is 5.24. The van der Waals surface area contributed by atoms with Crippen molar-refractivity contribution >= 4 is 29.2 Å². The van der Waals surface area contributed by atoms with E-state index in [0.29, 0.717) is 18.3 Å². The summed E-state index contributed by atoms with van der Waals surface area (Å²) in [5, 5.41) is 14.4. The molecule has 2 aliphatic heterocycles. The third kappa shape index (κ3) is 6.63. The lowest BCUT2D eigenvalue weighted by Crippen LogP contribution is -2.66. The number of aliphatic carboxylic acids is 1. The Morgan fingerprint density at radius 1 is 1.31 bits per heavy atom. The smallest absolute Gasteiger partial charge is 0.475 e. The van der Waals surface area contributed by atoms with Gasteiger partial charge in [0.2, 0.25) is 11.9 Å². The average molecular weight is 472 g/mol. The van der Waals surface area contributed by atoms with E-state index in [1.165, 1.54) is 0 Å². The van der Waals surface area contributed by atoms with E-state index < -0.39 is 12.1 Å². The number of likely N-dealkylation sites (tertiary alicyclic amines) is 1. The highest BCUT2D eigenvalue weighted by Crippen LogP contribution is 2.36. The molecule has 1 atom stereocenters. The normalized spacial score (nSPS) is 19.5. The molecule has 2 fully saturated rings. The lowest BCUT2D eigenvalue weighted by Gasteiger charge is -2.52. The highest BCUT2D eigenvalue weighted by molar-refractivity contribution is 7.08. The van der Waals surface area contributed by atoms with Crippen LogP contribution in [0.1, 0.15) is 18.4 Å². The van der Waals surface area contributed by atoms with E-state index >= 15 is 0 Å². The molecule has 2 aliphatic rings. The fourth-order valence-electron chi connectivity index (χ4n) is 3.46. The maximum absolute atomic E-state index is 12.3. The zero-order valence-corrected chi connectivity index (χ0v) is 17.9. The fourth-order valence-corrected chi connectivity index (χ4v) is 4.13. The molecule has 0 aromatic carbocycles. The number of carboxylic acids is 1. The number of alkyl halides is 3. The lowest BCUT2D eigenvalue weighted by molar-refractivity contribution is -0.192. The van der Waals surface area contributed by atoms with Gasteiger partial charge in [0.1, 0.15) is 5.60 Å². The molecule has 8 nitrogen and oxygen atoms in total. The number of amides is 1. The van der Waals surface area contributed by atoms with Crippen LogP contribution in [0.3, 0.4) is 0 Å². The second kappa shape index (κ2) is 10.3. The summed E-state index contributed by atoms with van der Waals surface area (Å²) in [6.45, 7) is 3.02. The molecule has 174 valence electrons. The summed E-state index contributed by atoms with van der Waals surface area (Å²) in [5.74, 6) is -1.42. The first kappa shape index (κ1) is 23.9. The quantitative estimate of drug-likeness (QED) is 0.690. The van der Waals surface area contributed by atoms with Gasteiger partial charge >= 0.3 is 12.1 Å². The number of nitrogens with zero attached hydrogens (tertiary/aromatic N) is 3. The number of thiophene rings is 1. The molecule has 0 bridgehead atoms. The SMILES string of the molecule is O=C(Cc1ccsc1)N1CC2(CCC(CNc3ncccn3)CO2)C1.O=C(O)C(F)(F)F. The maximum Gasteiger partial charge on any atom is 0.490 e. The van der Waals surface area contributed by atoms with Crippen LogP contribution in [0.4, 0.5) is 19.1 Å². The number of aromatic nitrogens is 2.